The largest absolute Gasteiger partial charge is 0.346 e. The number of halogens is 1. The molecule has 1 amide bonds. The molecule has 0 fully saturated rings. The molecule has 4 nitrogen and oxygen atoms in total. The number of anilines is 1. The van der Waals surface area contributed by atoms with Crippen molar-refractivity contribution >= 4 is 50.2 Å². The van der Waals surface area contributed by atoms with E-state index in [9.17, 15) is 4.79 Å². The molecule has 0 spiro atoms. The Morgan fingerprint density at radius 2 is 2.14 bits per heavy atom. The Morgan fingerprint density at radius 3 is 3.05 bits per heavy atom. The van der Waals surface area contributed by atoms with Crippen molar-refractivity contribution in [2.24, 2.45) is 0 Å². The summed E-state index contributed by atoms with van der Waals surface area (Å²) in [5.41, 5.74) is 4.19. The summed E-state index contributed by atoms with van der Waals surface area (Å²) in [6.07, 6.45) is 5.51. The van der Waals surface area contributed by atoms with Gasteiger partial charge in [0.05, 0.1) is 5.69 Å². The van der Waals surface area contributed by atoms with Crippen LogP contribution in [0.4, 0.5) is 5.69 Å². The standard InChI is InChI=1S/C16H10BrN3O/c17-10-3-4-12-13(16(21)20-14(12)7-10)6-9-8-19-15-11(9)2-1-5-18-15/h1-8H,(H,18,19)(H,20,21)/b13-6-. The van der Waals surface area contributed by atoms with Crippen LogP contribution < -0.4 is 5.32 Å². The van der Waals surface area contributed by atoms with Crippen molar-refractivity contribution in [2.75, 3.05) is 5.32 Å². The molecule has 0 bridgehead atoms. The third kappa shape index (κ3) is 1.97. The van der Waals surface area contributed by atoms with E-state index in [-0.39, 0.29) is 5.91 Å². The Kier molecular flexibility index (Phi) is 2.68. The lowest BCUT2D eigenvalue weighted by atomic mass is 10.0. The molecule has 0 radical (unpaired) electrons. The van der Waals surface area contributed by atoms with Crippen molar-refractivity contribution in [1.82, 2.24) is 9.97 Å². The first-order chi connectivity index (χ1) is 10.2. The van der Waals surface area contributed by atoms with Crippen LogP contribution in [0.3, 0.4) is 0 Å². The number of carbonyl (C=O) groups excluding carboxylic acids is 1. The Morgan fingerprint density at radius 1 is 1.24 bits per heavy atom. The van der Waals surface area contributed by atoms with Crippen LogP contribution in [0.15, 0.2) is 47.2 Å². The summed E-state index contributed by atoms with van der Waals surface area (Å²) in [4.78, 5) is 19.6. The Bertz CT molecular complexity index is 911. The second-order valence-electron chi connectivity index (χ2n) is 4.85. The number of benzene rings is 1. The fraction of sp³-hybridized carbons (Fsp3) is 0. The zero-order valence-electron chi connectivity index (χ0n) is 10.9. The SMILES string of the molecule is O=C1Nc2cc(Br)ccc2/C1=C/c1c[nH]c2ncccc12. The number of aromatic nitrogens is 2. The van der Waals surface area contributed by atoms with Crippen molar-refractivity contribution in [3.05, 3.63) is 58.3 Å². The van der Waals surface area contributed by atoms with Gasteiger partial charge in [-0.15, -0.1) is 0 Å². The molecule has 1 aromatic carbocycles. The van der Waals surface area contributed by atoms with Crippen LogP contribution in [0.2, 0.25) is 0 Å². The number of hydrogen-bond donors (Lipinski definition) is 2. The number of amides is 1. The monoisotopic (exact) mass is 339 g/mol. The zero-order chi connectivity index (χ0) is 14.4. The van der Waals surface area contributed by atoms with Gasteiger partial charge in [0.2, 0.25) is 0 Å². The Hall–Kier alpha value is -2.40. The lowest BCUT2D eigenvalue weighted by molar-refractivity contribution is -0.110. The number of nitrogens with one attached hydrogen (secondary N) is 2. The predicted molar refractivity (Wildman–Crippen MR) is 86.7 cm³/mol. The first-order valence-corrected chi connectivity index (χ1v) is 7.27. The topological polar surface area (TPSA) is 57.8 Å². The first kappa shape index (κ1) is 12.3. The average molecular weight is 340 g/mol. The molecular formula is C16H10BrN3O. The number of aromatic amines is 1. The number of nitrogens with zero attached hydrogens (tertiary/aromatic N) is 1. The van der Waals surface area contributed by atoms with Gasteiger partial charge < -0.3 is 10.3 Å². The van der Waals surface area contributed by atoms with Crippen LogP contribution in [0.1, 0.15) is 11.1 Å². The number of pyridine rings is 1. The molecule has 0 saturated carbocycles. The van der Waals surface area contributed by atoms with E-state index in [1.54, 1.807) is 6.20 Å². The van der Waals surface area contributed by atoms with Crippen LogP contribution >= 0.6 is 15.9 Å². The van der Waals surface area contributed by atoms with Gasteiger partial charge >= 0.3 is 0 Å². The molecule has 102 valence electrons. The molecule has 2 aromatic heterocycles. The highest BCUT2D eigenvalue weighted by atomic mass is 79.9. The van der Waals surface area contributed by atoms with Gasteiger partial charge in [-0.3, -0.25) is 4.79 Å². The average Bonchev–Trinajstić information content (AvgIpc) is 3.01. The van der Waals surface area contributed by atoms with Gasteiger partial charge in [-0.1, -0.05) is 22.0 Å². The van der Waals surface area contributed by atoms with E-state index in [4.69, 9.17) is 0 Å². The number of rotatable bonds is 1. The fourth-order valence-corrected chi connectivity index (χ4v) is 2.92. The molecular weight excluding hydrogens is 330 g/mol. The summed E-state index contributed by atoms with van der Waals surface area (Å²) in [7, 11) is 0. The molecule has 0 saturated heterocycles. The zero-order valence-corrected chi connectivity index (χ0v) is 12.4. The highest BCUT2D eigenvalue weighted by Crippen LogP contribution is 2.35. The molecule has 3 aromatic rings. The van der Waals surface area contributed by atoms with Crippen LogP contribution in [0.5, 0.6) is 0 Å². The number of H-pyrrole nitrogens is 1. The van der Waals surface area contributed by atoms with E-state index in [0.29, 0.717) is 5.57 Å². The van der Waals surface area contributed by atoms with E-state index in [2.05, 4.69) is 31.2 Å². The lowest BCUT2D eigenvalue weighted by Crippen LogP contribution is -2.03. The maximum atomic E-state index is 12.2. The van der Waals surface area contributed by atoms with Gasteiger partial charge in [0.15, 0.2) is 0 Å². The van der Waals surface area contributed by atoms with Crippen molar-refractivity contribution in [3.63, 3.8) is 0 Å². The number of hydrogen-bond acceptors (Lipinski definition) is 2. The number of carbonyl (C=O) groups is 1. The molecule has 21 heavy (non-hydrogen) atoms. The summed E-state index contributed by atoms with van der Waals surface area (Å²) in [5.74, 6) is -0.0821. The Balaban J connectivity index is 1.89. The highest BCUT2D eigenvalue weighted by Gasteiger charge is 2.24. The second kappa shape index (κ2) is 4.56. The molecule has 4 rings (SSSR count). The van der Waals surface area contributed by atoms with E-state index in [1.165, 1.54) is 0 Å². The molecule has 0 unspecified atom stereocenters. The second-order valence-corrected chi connectivity index (χ2v) is 5.76. The van der Waals surface area contributed by atoms with E-state index in [1.807, 2.05) is 42.6 Å². The molecule has 0 atom stereocenters. The van der Waals surface area contributed by atoms with Crippen molar-refractivity contribution < 1.29 is 4.79 Å². The van der Waals surface area contributed by atoms with Gasteiger partial charge in [-0.2, -0.15) is 0 Å². The Labute approximate surface area is 129 Å². The van der Waals surface area contributed by atoms with Gasteiger partial charge in [-0.25, -0.2) is 4.98 Å². The number of fused-ring (bicyclic) bond motifs is 2. The van der Waals surface area contributed by atoms with Crippen LogP contribution in [-0.4, -0.2) is 15.9 Å². The lowest BCUT2D eigenvalue weighted by Gasteiger charge is -1.98. The quantitative estimate of drug-likeness (QED) is 0.662. The summed E-state index contributed by atoms with van der Waals surface area (Å²) < 4.78 is 0.944. The molecule has 2 N–H and O–H groups in total. The van der Waals surface area contributed by atoms with E-state index < -0.39 is 0 Å². The molecule has 0 aliphatic carbocycles. The smallest absolute Gasteiger partial charge is 0.256 e. The van der Waals surface area contributed by atoms with Crippen molar-refractivity contribution in [2.45, 2.75) is 0 Å². The fourth-order valence-electron chi connectivity index (χ4n) is 2.56. The first-order valence-electron chi connectivity index (χ1n) is 6.47. The van der Waals surface area contributed by atoms with Crippen LogP contribution in [0, 0.1) is 0 Å². The van der Waals surface area contributed by atoms with Crippen LogP contribution in [0.25, 0.3) is 22.7 Å². The maximum Gasteiger partial charge on any atom is 0.256 e. The third-order valence-electron chi connectivity index (χ3n) is 3.55. The van der Waals surface area contributed by atoms with Gasteiger partial charge in [-0.05, 0) is 30.3 Å². The van der Waals surface area contributed by atoms with E-state index in [0.717, 1.165) is 32.3 Å². The summed E-state index contributed by atoms with van der Waals surface area (Å²) >= 11 is 3.41. The molecule has 5 heteroatoms. The maximum absolute atomic E-state index is 12.2. The van der Waals surface area contributed by atoms with Crippen LogP contribution in [-0.2, 0) is 4.79 Å². The van der Waals surface area contributed by atoms with E-state index >= 15 is 0 Å². The predicted octanol–water partition coefficient (Wildman–Crippen LogP) is 3.82. The normalized spacial score (nSPS) is 15.5. The summed E-state index contributed by atoms with van der Waals surface area (Å²) in [6.45, 7) is 0. The molecule has 1 aliphatic heterocycles. The summed E-state index contributed by atoms with van der Waals surface area (Å²) in [5, 5.41) is 3.89. The van der Waals surface area contributed by atoms with Crippen molar-refractivity contribution in [1.29, 1.82) is 0 Å². The molecule has 3 heterocycles. The minimum atomic E-state index is -0.0821. The van der Waals surface area contributed by atoms with Crippen molar-refractivity contribution in [3.8, 4) is 0 Å². The highest BCUT2D eigenvalue weighted by molar-refractivity contribution is 9.10. The molecule has 1 aliphatic rings. The minimum absolute atomic E-state index is 0.0821. The minimum Gasteiger partial charge on any atom is -0.346 e. The third-order valence-corrected chi connectivity index (χ3v) is 4.04. The van der Waals surface area contributed by atoms with Gasteiger partial charge in [0, 0.05) is 39.0 Å². The summed E-state index contributed by atoms with van der Waals surface area (Å²) in [6, 6.07) is 9.66. The van der Waals surface area contributed by atoms with Gasteiger partial charge in [0.25, 0.3) is 5.91 Å². The van der Waals surface area contributed by atoms with Gasteiger partial charge in [0.1, 0.15) is 5.65 Å².